The second-order valence-electron chi connectivity index (χ2n) is 6.66. The minimum absolute atomic E-state index is 0.0883. The van der Waals surface area contributed by atoms with E-state index in [1.807, 2.05) is 20.8 Å². The minimum atomic E-state index is -0.116. The van der Waals surface area contributed by atoms with Crippen LogP contribution in [0, 0.1) is 0 Å². The average molecular weight is 309 g/mol. The highest BCUT2D eigenvalue weighted by Crippen LogP contribution is 2.13. The maximum absolute atomic E-state index is 12.0. The van der Waals surface area contributed by atoms with Crippen LogP contribution < -0.4 is 5.32 Å². The van der Waals surface area contributed by atoms with Gasteiger partial charge in [0.1, 0.15) is 0 Å². The van der Waals surface area contributed by atoms with Crippen LogP contribution in [0.25, 0.3) is 0 Å². The Morgan fingerprint density at radius 1 is 1.55 bits per heavy atom. The predicted molar refractivity (Wildman–Crippen MR) is 84.0 cm³/mol. The third kappa shape index (κ3) is 5.10. The Balaban J connectivity index is 1.60. The van der Waals surface area contributed by atoms with Crippen molar-refractivity contribution in [3.63, 3.8) is 0 Å². The predicted octanol–water partition coefficient (Wildman–Crippen LogP) is 1.95. The van der Waals surface area contributed by atoms with Crippen LogP contribution in [0.1, 0.15) is 50.4 Å². The molecule has 1 fully saturated rings. The fourth-order valence-electron chi connectivity index (χ4n) is 2.28. The van der Waals surface area contributed by atoms with Crippen LogP contribution in [-0.2, 0) is 15.0 Å². The third-order valence-electron chi connectivity index (χ3n) is 3.61. The molecule has 6 heteroatoms. The lowest BCUT2D eigenvalue weighted by Gasteiger charge is -2.18. The molecule has 0 bridgehead atoms. The molecule has 2 rings (SSSR count). The Kier molecular flexibility index (Phi) is 5.97. The third-order valence-corrected chi connectivity index (χ3v) is 3.61. The number of amides is 1. The van der Waals surface area contributed by atoms with Gasteiger partial charge >= 0.3 is 0 Å². The Hall–Kier alpha value is -1.40. The van der Waals surface area contributed by atoms with E-state index >= 15 is 0 Å². The van der Waals surface area contributed by atoms with Gasteiger partial charge in [0, 0.05) is 26.0 Å². The van der Waals surface area contributed by atoms with Crippen LogP contribution in [0.2, 0.25) is 0 Å². The van der Waals surface area contributed by atoms with E-state index in [1.165, 1.54) is 0 Å². The summed E-state index contributed by atoms with van der Waals surface area (Å²) in [5.74, 6) is -0.0883. The van der Waals surface area contributed by atoms with Gasteiger partial charge in [-0.3, -0.25) is 9.48 Å². The second kappa shape index (κ2) is 7.74. The summed E-state index contributed by atoms with van der Waals surface area (Å²) in [5, 5.41) is 7.12. The number of carbonyl (C=O) groups excluding carboxylic acids is 1. The molecular formula is C16H27N3O3. The Morgan fingerprint density at radius 3 is 3.00 bits per heavy atom. The van der Waals surface area contributed by atoms with Gasteiger partial charge in [0.05, 0.1) is 30.0 Å². The molecule has 1 aliphatic heterocycles. The van der Waals surface area contributed by atoms with E-state index in [1.54, 1.807) is 17.1 Å². The minimum Gasteiger partial charge on any atom is -0.379 e. The second-order valence-corrected chi connectivity index (χ2v) is 6.66. The number of nitrogens with zero attached hydrogens (tertiary/aromatic N) is 2. The van der Waals surface area contributed by atoms with Crippen molar-refractivity contribution < 1.29 is 14.3 Å². The zero-order valence-electron chi connectivity index (χ0n) is 13.8. The number of ether oxygens (including phenoxy) is 2. The van der Waals surface area contributed by atoms with E-state index in [2.05, 4.69) is 10.4 Å². The molecule has 1 saturated heterocycles. The van der Waals surface area contributed by atoms with Crippen molar-refractivity contribution in [2.45, 2.75) is 51.7 Å². The summed E-state index contributed by atoms with van der Waals surface area (Å²) in [4.78, 5) is 12.0. The van der Waals surface area contributed by atoms with Crippen molar-refractivity contribution in [3.8, 4) is 0 Å². The van der Waals surface area contributed by atoms with Crippen LogP contribution in [-0.4, -0.2) is 48.2 Å². The van der Waals surface area contributed by atoms with Crippen LogP contribution >= 0.6 is 0 Å². The van der Waals surface area contributed by atoms with Crippen molar-refractivity contribution in [1.82, 2.24) is 15.1 Å². The maximum atomic E-state index is 12.0. The Labute approximate surface area is 132 Å². The number of aromatic nitrogens is 2. The smallest absolute Gasteiger partial charge is 0.254 e. The molecule has 22 heavy (non-hydrogen) atoms. The van der Waals surface area contributed by atoms with Gasteiger partial charge in [0.15, 0.2) is 0 Å². The monoisotopic (exact) mass is 309 g/mol. The lowest BCUT2D eigenvalue weighted by Crippen LogP contribution is -2.26. The SMILES string of the molecule is CC(C)(C)n1cc(C(=O)NCCCOCC2CCCO2)cn1. The molecule has 0 radical (unpaired) electrons. The molecule has 1 unspecified atom stereocenters. The van der Waals surface area contributed by atoms with Crippen LogP contribution in [0.3, 0.4) is 0 Å². The van der Waals surface area contributed by atoms with Gasteiger partial charge in [-0.2, -0.15) is 5.10 Å². The molecule has 1 amide bonds. The van der Waals surface area contributed by atoms with Gasteiger partial charge in [-0.1, -0.05) is 0 Å². The maximum Gasteiger partial charge on any atom is 0.254 e. The van der Waals surface area contributed by atoms with Gasteiger partial charge in [-0.05, 0) is 40.0 Å². The summed E-state index contributed by atoms with van der Waals surface area (Å²) in [6.45, 7) is 8.90. The van der Waals surface area contributed by atoms with Crippen LogP contribution in [0.5, 0.6) is 0 Å². The molecule has 0 spiro atoms. The van der Waals surface area contributed by atoms with Crippen molar-refractivity contribution in [3.05, 3.63) is 18.0 Å². The quantitative estimate of drug-likeness (QED) is 0.782. The summed E-state index contributed by atoms with van der Waals surface area (Å²) >= 11 is 0. The molecular weight excluding hydrogens is 282 g/mol. The van der Waals surface area contributed by atoms with E-state index in [9.17, 15) is 4.79 Å². The first kappa shape index (κ1) is 17.0. The fraction of sp³-hybridized carbons (Fsp3) is 0.750. The Morgan fingerprint density at radius 2 is 2.36 bits per heavy atom. The van der Waals surface area contributed by atoms with Crippen molar-refractivity contribution in [2.24, 2.45) is 0 Å². The molecule has 1 aliphatic rings. The summed E-state index contributed by atoms with van der Waals surface area (Å²) in [7, 11) is 0. The van der Waals surface area contributed by atoms with E-state index in [-0.39, 0.29) is 17.6 Å². The molecule has 0 aliphatic carbocycles. The summed E-state index contributed by atoms with van der Waals surface area (Å²) < 4.78 is 12.8. The van der Waals surface area contributed by atoms with Gasteiger partial charge in [0.2, 0.25) is 0 Å². The fourth-order valence-corrected chi connectivity index (χ4v) is 2.28. The van der Waals surface area contributed by atoms with Gasteiger partial charge in [-0.25, -0.2) is 0 Å². The van der Waals surface area contributed by atoms with Gasteiger partial charge in [0.25, 0.3) is 5.91 Å². The Bertz CT molecular complexity index is 473. The zero-order chi connectivity index (χ0) is 16.0. The largest absolute Gasteiger partial charge is 0.379 e. The van der Waals surface area contributed by atoms with Crippen LogP contribution in [0.4, 0.5) is 0 Å². The van der Waals surface area contributed by atoms with Gasteiger partial charge < -0.3 is 14.8 Å². The number of hydrogen-bond donors (Lipinski definition) is 1. The summed E-state index contributed by atoms with van der Waals surface area (Å²) in [5.41, 5.74) is 0.476. The molecule has 124 valence electrons. The van der Waals surface area contributed by atoms with Crippen LogP contribution in [0.15, 0.2) is 12.4 Å². The molecule has 0 saturated carbocycles. The molecule has 1 N–H and O–H groups in total. The van der Waals surface area contributed by atoms with Crippen molar-refractivity contribution in [1.29, 1.82) is 0 Å². The van der Waals surface area contributed by atoms with Crippen molar-refractivity contribution >= 4 is 5.91 Å². The van der Waals surface area contributed by atoms with Gasteiger partial charge in [-0.15, -0.1) is 0 Å². The molecule has 1 aromatic heterocycles. The topological polar surface area (TPSA) is 65.4 Å². The molecule has 0 aromatic carbocycles. The standard InChI is InChI=1S/C16H27N3O3/c1-16(2,3)19-11-13(10-18-19)15(20)17-7-5-8-21-12-14-6-4-9-22-14/h10-11,14H,4-9,12H2,1-3H3,(H,17,20). The molecule has 2 heterocycles. The average Bonchev–Trinajstić information content (AvgIpc) is 3.12. The highest BCUT2D eigenvalue weighted by molar-refractivity contribution is 5.93. The van der Waals surface area contributed by atoms with E-state index in [0.29, 0.717) is 25.3 Å². The first-order chi connectivity index (χ1) is 10.5. The number of hydrogen-bond acceptors (Lipinski definition) is 4. The number of rotatable bonds is 7. The normalized spacial score (nSPS) is 18.6. The molecule has 6 nitrogen and oxygen atoms in total. The summed E-state index contributed by atoms with van der Waals surface area (Å²) in [6.07, 6.45) is 6.67. The molecule has 1 aromatic rings. The first-order valence-corrected chi connectivity index (χ1v) is 7.99. The lowest BCUT2D eigenvalue weighted by molar-refractivity contribution is 0.0166. The number of nitrogens with one attached hydrogen (secondary N) is 1. The van der Waals surface area contributed by atoms with E-state index < -0.39 is 0 Å². The van der Waals surface area contributed by atoms with E-state index in [0.717, 1.165) is 25.9 Å². The highest BCUT2D eigenvalue weighted by atomic mass is 16.5. The lowest BCUT2D eigenvalue weighted by atomic mass is 10.1. The molecule has 1 atom stereocenters. The highest BCUT2D eigenvalue weighted by Gasteiger charge is 2.17. The zero-order valence-corrected chi connectivity index (χ0v) is 13.8. The number of carbonyl (C=O) groups is 1. The first-order valence-electron chi connectivity index (χ1n) is 7.99. The van der Waals surface area contributed by atoms with Crippen molar-refractivity contribution in [2.75, 3.05) is 26.4 Å². The van der Waals surface area contributed by atoms with E-state index in [4.69, 9.17) is 9.47 Å². The summed E-state index contributed by atoms with van der Waals surface area (Å²) in [6, 6.07) is 0.